The topological polar surface area (TPSA) is 71.0 Å². The molecular formula is C23H28N4O2S. The maximum Gasteiger partial charge on any atom is 0.276 e. The van der Waals surface area contributed by atoms with Crippen LogP contribution >= 0.6 is 11.3 Å². The molecule has 158 valence electrons. The van der Waals surface area contributed by atoms with E-state index in [0.717, 1.165) is 42.9 Å². The van der Waals surface area contributed by atoms with Gasteiger partial charge < -0.3 is 4.90 Å². The first kappa shape index (κ1) is 20.6. The largest absolute Gasteiger partial charge is 0.343 e. The summed E-state index contributed by atoms with van der Waals surface area (Å²) in [5.41, 5.74) is 4.43. The minimum atomic E-state index is -0.114. The van der Waals surface area contributed by atoms with Crippen LogP contribution < -0.4 is 5.56 Å². The van der Waals surface area contributed by atoms with Crippen LogP contribution in [0.25, 0.3) is 16.4 Å². The molecule has 0 atom stereocenters. The molecule has 0 spiro atoms. The summed E-state index contributed by atoms with van der Waals surface area (Å²) in [7, 11) is 0. The van der Waals surface area contributed by atoms with Gasteiger partial charge in [0.05, 0.1) is 5.69 Å². The highest BCUT2D eigenvalue weighted by Crippen LogP contribution is 2.24. The lowest BCUT2D eigenvalue weighted by Gasteiger charge is -2.30. The fraction of sp³-hybridized carbons (Fsp3) is 0.435. The summed E-state index contributed by atoms with van der Waals surface area (Å²) in [6.07, 6.45) is 2.95. The second-order valence-corrected chi connectivity index (χ2v) is 9.14. The fourth-order valence-corrected chi connectivity index (χ4v) is 4.67. The Kier molecular flexibility index (Phi) is 5.90. The molecule has 0 radical (unpaired) electrons. The molecule has 3 heterocycles. The Hall–Kier alpha value is -2.67. The Morgan fingerprint density at radius 3 is 2.60 bits per heavy atom. The molecule has 1 aliphatic rings. The number of hydrogen-bond acceptors (Lipinski definition) is 4. The van der Waals surface area contributed by atoms with Crippen molar-refractivity contribution in [2.24, 2.45) is 5.92 Å². The van der Waals surface area contributed by atoms with E-state index in [4.69, 9.17) is 0 Å². The van der Waals surface area contributed by atoms with Gasteiger partial charge in [-0.05, 0) is 39.0 Å². The summed E-state index contributed by atoms with van der Waals surface area (Å²) in [6.45, 7) is 7.83. The maximum absolute atomic E-state index is 13.0. The van der Waals surface area contributed by atoms with Crippen LogP contribution in [0.1, 0.15) is 43.0 Å². The van der Waals surface area contributed by atoms with E-state index >= 15 is 0 Å². The van der Waals surface area contributed by atoms with Crippen molar-refractivity contribution >= 4 is 17.2 Å². The molecule has 1 aliphatic heterocycles. The lowest BCUT2D eigenvalue weighted by Crippen LogP contribution is -2.38. The minimum Gasteiger partial charge on any atom is -0.343 e. The van der Waals surface area contributed by atoms with Crippen LogP contribution in [0.2, 0.25) is 0 Å². The number of rotatable bonds is 5. The van der Waals surface area contributed by atoms with Crippen molar-refractivity contribution in [1.82, 2.24) is 19.7 Å². The molecular weight excluding hydrogens is 396 g/mol. The number of hydrogen-bond donors (Lipinski definition) is 1. The van der Waals surface area contributed by atoms with Gasteiger partial charge in [0.25, 0.3) is 5.56 Å². The van der Waals surface area contributed by atoms with Gasteiger partial charge in [0.15, 0.2) is 0 Å². The zero-order valence-corrected chi connectivity index (χ0v) is 18.6. The number of aromatic amines is 1. The summed E-state index contributed by atoms with van der Waals surface area (Å²) in [5.74, 6) is 0.834. The molecule has 4 rings (SSSR count). The third kappa shape index (κ3) is 4.26. The van der Waals surface area contributed by atoms with Crippen LogP contribution in [0, 0.1) is 19.8 Å². The van der Waals surface area contributed by atoms with Crippen LogP contribution in [0.5, 0.6) is 0 Å². The molecule has 6 nitrogen and oxygen atoms in total. The molecule has 0 unspecified atom stereocenters. The molecule has 1 saturated heterocycles. The van der Waals surface area contributed by atoms with E-state index in [0.29, 0.717) is 29.5 Å². The Morgan fingerprint density at radius 2 is 1.90 bits per heavy atom. The molecule has 1 aromatic carbocycles. The first-order valence-electron chi connectivity index (χ1n) is 10.5. The minimum absolute atomic E-state index is 0.114. The predicted molar refractivity (Wildman–Crippen MR) is 120 cm³/mol. The lowest BCUT2D eigenvalue weighted by molar-refractivity contribution is -0.132. The first-order chi connectivity index (χ1) is 14.4. The molecule has 0 bridgehead atoms. The molecule has 1 fully saturated rings. The Balaban J connectivity index is 1.48. The average Bonchev–Trinajstić information content (AvgIpc) is 3.32. The van der Waals surface area contributed by atoms with Crippen LogP contribution in [0.4, 0.5) is 0 Å². The summed E-state index contributed by atoms with van der Waals surface area (Å²) in [6, 6.07) is 8.18. The summed E-state index contributed by atoms with van der Waals surface area (Å²) in [5, 5.41) is 5.71. The maximum atomic E-state index is 13.0. The van der Waals surface area contributed by atoms with Crippen molar-refractivity contribution < 1.29 is 4.79 Å². The highest BCUT2D eigenvalue weighted by molar-refractivity contribution is 7.12. The molecule has 1 N–H and O–H groups in total. The third-order valence-corrected chi connectivity index (χ3v) is 6.78. The van der Waals surface area contributed by atoms with Gasteiger partial charge in [0, 0.05) is 41.7 Å². The Morgan fingerprint density at radius 1 is 1.20 bits per heavy atom. The molecule has 2 aromatic heterocycles. The van der Waals surface area contributed by atoms with Crippen LogP contribution in [0.3, 0.4) is 0 Å². The number of carbonyl (C=O) groups excluding carboxylic acids is 1. The van der Waals surface area contributed by atoms with Gasteiger partial charge in [0.2, 0.25) is 11.0 Å². The van der Waals surface area contributed by atoms with E-state index in [2.05, 4.69) is 36.1 Å². The average molecular weight is 425 g/mol. The fourth-order valence-electron chi connectivity index (χ4n) is 3.88. The van der Waals surface area contributed by atoms with Crippen LogP contribution in [-0.2, 0) is 11.2 Å². The highest BCUT2D eigenvalue weighted by atomic mass is 32.1. The van der Waals surface area contributed by atoms with Crippen molar-refractivity contribution in [2.45, 2.75) is 46.5 Å². The molecule has 0 saturated carbocycles. The number of thiazole rings is 1. The standard InChI is InChI=1S/C23H28N4O2S/c1-15-4-6-18(7-5-15)20-14-30-23(24-20)27-22(29)19(17(3)25-27)8-9-21(28)26-12-10-16(2)11-13-26/h4-7,14,16,25H,8-13H2,1-3H3. The quantitative estimate of drug-likeness (QED) is 0.670. The highest BCUT2D eigenvalue weighted by Gasteiger charge is 2.22. The molecule has 30 heavy (non-hydrogen) atoms. The van der Waals surface area contributed by atoms with Gasteiger partial charge in [-0.25, -0.2) is 4.98 Å². The van der Waals surface area contributed by atoms with Crippen molar-refractivity contribution in [3.8, 4) is 16.4 Å². The number of aryl methyl sites for hydroxylation is 2. The number of piperidine rings is 1. The van der Waals surface area contributed by atoms with E-state index in [1.807, 2.05) is 29.3 Å². The number of carbonyl (C=O) groups is 1. The Bertz CT molecular complexity index is 1090. The SMILES string of the molecule is Cc1ccc(-c2csc(-n3[nH]c(C)c(CCC(=O)N4CCC(C)CC4)c3=O)n2)cc1. The lowest BCUT2D eigenvalue weighted by atomic mass is 9.99. The van der Waals surface area contributed by atoms with E-state index in [1.54, 1.807) is 0 Å². The molecule has 3 aromatic rings. The number of aromatic nitrogens is 3. The predicted octanol–water partition coefficient (Wildman–Crippen LogP) is 4.10. The zero-order valence-electron chi connectivity index (χ0n) is 17.8. The van der Waals surface area contributed by atoms with E-state index in [1.165, 1.54) is 21.6 Å². The summed E-state index contributed by atoms with van der Waals surface area (Å²) < 4.78 is 1.50. The summed E-state index contributed by atoms with van der Waals surface area (Å²) >= 11 is 1.43. The van der Waals surface area contributed by atoms with Crippen LogP contribution in [-0.4, -0.2) is 38.7 Å². The molecule has 7 heteroatoms. The summed E-state index contributed by atoms with van der Waals surface area (Å²) in [4.78, 5) is 32.1. The number of likely N-dealkylation sites (tertiary alicyclic amines) is 1. The number of nitrogens with one attached hydrogen (secondary N) is 1. The van der Waals surface area contributed by atoms with Crippen molar-refractivity contribution in [3.63, 3.8) is 0 Å². The van der Waals surface area contributed by atoms with Gasteiger partial charge in [-0.1, -0.05) is 36.8 Å². The van der Waals surface area contributed by atoms with Crippen molar-refractivity contribution in [1.29, 1.82) is 0 Å². The number of amides is 1. The number of H-pyrrole nitrogens is 1. The number of nitrogens with zero attached hydrogens (tertiary/aromatic N) is 3. The second-order valence-electron chi connectivity index (χ2n) is 8.30. The van der Waals surface area contributed by atoms with Crippen molar-refractivity contribution in [2.75, 3.05) is 13.1 Å². The van der Waals surface area contributed by atoms with Gasteiger partial charge >= 0.3 is 0 Å². The first-order valence-corrected chi connectivity index (χ1v) is 11.4. The van der Waals surface area contributed by atoms with E-state index < -0.39 is 0 Å². The normalized spacial score (nSPS) is 15.0. The van der Waals surface area contributed by atoms with Gasteiger partial charge in [0.1, 0.15) is 0 Å². The van der Waals surface area contributed by atoms with Crippen molar-refractivity contribution in [3.05, 3.63) is 56.8 Å². The Labute approximate surface area is 180 Å². The van der Waals surface area contributed by atoms with E-state index in [9.17, 15) is 9.59 Å². The molecule has 1 amide bonds. The van der Waals surface area contributed by atoms with Crippen LogP contribution in [0.15, 0.2) is 34.4 Å². The van der Waals surface area contributed by atoms with Gasteiger partial charge in [-0.15, -0.1) is 11.3 Å². The zero-order chi connectivity index (χ0) is 21.3. The second kappa shape index (κ2) is 8.60. The third-order valence-electron chi connectivity index (χ3n) is 5.95. The molecule has 0 aliphatic carbocycles. The van der Waals surface area contributed by atoms with Gasteiger partial charge in [-0.2, -0.15) is 4.68 Å². The smallest absolute Gasteiger partial charge is 0.276 e. The number of benzene rings is 1. The van der Waals surface area contributed by atoms with Gasteiger partial charge in [-0.3, -0.25) is 14.7 Å². The monoisotopic (exact) mass is 424 g/mol. The van der Waals surface area contributed by atoms with E-state index in [-0.39, 0.29) is 11.5 Å².